The van der Waals surface area contributed by atoms with E-state index in [0.29, 0.717) is 6.04 Å². The molecule has 0 radical (unpaired) electrons. The fraction of sp³-hybridized carbons (Fsp3) is 0.533. The van der Waals surface area contributed by atoms with Crippen LogP contribution in [0.2, 0.25) is 0 Å². The van der Waals surface area contributed by atoms with E-state index in [1.165, 1.54) is 4.88 Å². The number of aliphatic imine (C=N–C) groups is 1. The first kappa shape index (κ1) is 17.5. The Morgan fingerprint density at radius 3 is 2.65 bits per heavy atom. The maximum absolute atomic E-state index is 4.31. The molecule has 0 aliphatic heterocycles. The van der Waals surface area contributed by atoms with Crippen molar-refractivity contribution in [3.05, 3.63) is 34.5 Å². The Hall–Kier alpha value is -0.560. The minimum Gasteiger partial charge on any atom is -0.356 e. The quantitative estimate of drug-likeness (QED) is 0.348. The lowest BCUT2D eigenvalue weighted by atomic mass is 9.91. The number of halogens is 1. The number of hydrogen-bond acceptors (Lipinski definition) is 2. The molecule has 0 spiro atoms. The third kappa shape index (κ3) is 4.77. The van der Waals surface area contributed by atoms with Crippen molar-refractivity contribution in [2.24, 2.45) is 4.99 Å². The average Bonchev–Trinajstić information content (AvgIpc) is 3.07. The molecule has 112 valence electrons. The van der Waals surface area contributed by atoms with Gasteiger partial charge in [0.2, 0.25) is 0 Å². The van der Waals surface area contributed by atoms with Crippen LogP contribution in [0.1, 0.15) is 31.6 Å². The van der Waals surface area contributed by atoms with Crippen LogP contribution in [0.4, 0.5) is 0 Å². The Bertz CT molecular complexity index is 444. The van der Waals surface area contributed by atoms with Crippen LogP contribution in [-0.4, -0.2) is 25.6 Å². The van der Waals surface area contributed by atoms with Crippen molar-refractivity contribution in [3.63, 3.8) is 0 Å². The van der Waals surface area contributed by atoms with E-state index >= 15 is 0 Å². The second-order valence-corrected chi connectivity index (χ2v) is 6.52. The van der Waals surface area contributed by atoms with Gasteiger partial charge < -0.3 is 10.6 Å². The molecule has 3 nitrogen and oxygen atoms in total. The second kappa shape index (κ2) is 8.02. The van der Waals surface area contributed by atoms with Crippen LogP contribution in [0.3, 0.4) is 0 Å². The first-order valence-corrected chi connectivity index (χ1v) is 7.66. The van der Waals surface area contributed by atoms with E-state index in [0.717, 1.165) is 25.3 Å². The lowest BCUT2D eigenvalue weighted by Crippen LogP contribution is -2.46. The Morgan fingerprint density at radius 2 is 2.10 bits per heavy atom. The lowest BCUT2D eigenvalue weighted by molar-refractivity contribution is 0.513. The highest BCUT2D eigenvalue weighted by Crippen LogP contribution is 2.26. The molecule has 1 aliphatic carbocycles. The molecular formula is C15H24IN3S. The molecule has 0 atom stereocenters. The highest BCUT2D eigenvalue weighted by Gasteiger charge is 2.22. The number of hydrogen-bond donors (Lipinski definition) is 2. The minimum absolute atomic E-state index is 0. The zero-order valence-electron chi connectivity index (χ0n) is 12.3. The van der Waals surface area contributed by atoms with Crippen LogP contribution in [-0.2, 0) is 5.41 Å². The van der Waals surface area contributed by atoms with Gasteiger partial charge in [-0.1, -0.05) is 32.1 Å². The fourth-order valence-electron chi connectivity index (χ4n) is 2.18. The summed E-state index contributed by atoms with van der Waals surface area (Å²) in [6, 6.07) is 4.80. The zero-order valence-corrected chi connectivity index (χ0v) is 15.5. The van der Waals surface area contributed by atoms with Gasteiger partial charge in [-0.2, -0.15) is 0 Å². The summed E-state index contributed by atoms with van der Waals surface area (Å²) < 4.78 is 0. The molecule has 2 rings (SSSR count). The van der Waals surface area contributed by atoms with Crippen molar-refractivity contribution in [2.45, 2.75) is 38.1 Å². The van der Waals surface area contributed by atoms with Gasteiger partial charge in [0.05, 0.1) is 0 Å². The van der Waals surface area contributed by atoms with Gasteiger partial charge in [-0.05, 0) is 24.3 Å². The van der Waals surface area contributed by atoms with Crippen molar-refractivity contribution in [1.29, 1.82) is 0 Å². The standard InChI is InChI=1S/C15H23N3S.HI/c1-15(2,13-9-6-10-19-13)11-17-14(16-3)18-12-7-4-5-8-12;/h4-6,9-10,12H,7-8,11H2,1-3H3,(H2,16,17,18);1H. The van der Waals surface area contributed by atoms with Crippen molar-refractivity contribution in [1.82, 2.24) is 10.6 Å². The predicted molar refractivity (Wildman–Crippen MR) is 99.4 cm³/mol. The summed E-state index contributed by atoms with van der Waals surface area (Å²) >= 11 is 1.81. The minimum atomic E-state index is 0. The Morgan fingerprint density at radius 1 is 1.40 bits per heavy atom. The SMILES string of the molecule is CN=C(NCC(C)(C)c1cccs1)NC1CC=CC1.I. The van der Waals surface area contributed by atoms with Crippen molar-refractivity contribution in [3.8, 4) is 0 Å². The molecule has 1 aliphatic rings. The van der Waals surface area contributed by atoms with Crippen molar-refractivity contribution >= 4 is 41.3 Å². The van der Waals surface area contributed by atoms with Gasteiger partial charge in [0, 0.05) is 29.9 Å². The van der Waals surface area contributed by atoms with E-state index in [1.54, 1.807) is 0 Å². The monoisotopic (exact) mass is 405 g/mol. The van der Waals surface area contributed by atoms with E-state index in [1.807, 2.05) is 18.4 Å². The van der Waals surface area contributed by atoms with Crippen molar-refractivity contribution in [2.75, 3.05) is 13.6 Å². The Balaban J connectivity index is 0.00000200. The first-order valence-electron chi connectivity index (χ1n) is 6.78. The van der Waals surface area contributed by atoms with Gasteiger partial charge in [-0.25, -0.2) is 0 Å². The summed E-state index contributed by atoms with van der Waals surface area (Å²) in [4.78, 5) is 5.71. The molecule has 0 saturated carbocycles. The van der Waals surface area contributed by atoms with Gasteiger partial charge in [0.25, 0.3) is 0 Å². The second-order valence-electron chi connectivity index (χ2n) is 5.57. The van der Waals surface area contributed by atoms with Crippen LogP contribution in [0.25, 0.3) is 0 Å². The molecule has 0 unspecified atom stereocenters. The molecule has 0 bridgehead atoms. The van der Waals surface area contributed by atoms with Crippen LogP contribution >= 0.6 is 35.3 Å². The van der Waals surface area contributed by atoms with Gasteiger partial charge in [0.15, 0.2) is 5.96 Å². The fourth-order valence-corrected chi connectivity index (χ4v) is 3.03. The first-order chi connectivity index (χ1) is 9.12. The summed E-state index contributed by atoms with van der Waals surface area (Å²) in [6.45, 7) is 5.40. The highest BCUT2D eigenvalue weighted by molar-refractivity contribution is 14.0. The number of nitrogens with zero attached hydrogens (tertiary/aromatic N) is 1. The summed E-state index contributed by atoms with van der Waals surface area (Å²) in [5.41, 5.74) is 0.125. The molecule has 0 saturated heterocycles. The normalized spacial score (nSPS) is 16.1. The van der Waals surface area contributed by atoms with Gasteiger partial charge in [0.1, 0.15) is 0 Å². The molecule has 1 aromatic heterocycles. The molecule has 1 aromatic rings. The molecule has 20 heavy (non-hydrogen) atoms. The largest absolute Gasteiger partial charge is 0.356 e. The molecule has 0 aromatic carbocycles. The topological polar surface area (TPSA) is 36.4 Å². The molecule has 2 N–H and O–H groups in total. The predicted octanol–water partition coefficient (Wildman–Crippen LogP) is 3.53. The molecule has 0 amide bonds. The van der Waals surface area contributed by atoms with Gasteiger partial charge in [-0.15, -0.1) is 35.3 Å². The van der Waals surface area contributed by atoms with Crippen LogP contribution in [0.15, 0.2) is 34.7 Å². The van der Waals surface area contributed by atoms with Crippen LogP contribution in [0, 0.1) is 0 Å². The van der Waals surface area contributed by atoms with Gasteiger partial charge >= 0.3 is 0 Å². The van der Waals surface area contributed by atoms with Crippen molar-refractivity contribution < 1.29 is 0 Å². The van der Waals surface area contributed by atoms with E-state index in [-0.39, 0.29) is 29.4 Å². The van der Waals surface area contributed by atoms with Gasteiger partial charge in [-0.3, -0.25) is 4.99 Å². The third-order valence-corrected chi connectivity index (χ3v) is 4.69. The number of rotatable bonds is 4. The van der Waals surface area contributed by atoms with E-state index in [9.17, 15) is 0 Å². The van der Waals surface area contributed by atoms with E-state index < -0.39 is 0 Å². The summed E-state index contributed by atoms with van der Waals surface area (Å²) in [7, 11) is 1.83. The lowest BCUT2D eigenvalue weighted by Gasteiger charge is -2.26. The van der Waals surface area contributed by atoms with Crippen LogP contribution < -0.4 is 10.6 Å². The molecular weight excluding hydrogens is 381 g/mol. The number of nitrogens with one attached hydrogen (secondary N) is 2. The average molecular weight is 405 g/mol. The maximum atomic E-state index is 4.31. The van der Waals surface area contributed by atoms with E-state index in [4.69, 9.17) is 0 Å². The summed E-state index contributed by atoms with van der Waals surface area (Å²) in [6.07, 6.45) is 6.63. The molecule has 5 heteroatoms. The molecule has 1 heterocycles. The zero-order chi connectivity index (χ0) is 13.7. The smallest absolute Gasteiger partial charge is 0.191 e. The Kier molecular flexibility index (Phi) is 7.02. The maximum Gasteiger partial charge on any atom is 0.191 e. The summed E-state index contributed by atoms with van der Waals surface area (Å²) in [5, 5.41) is 9.04. The van der Waals surface area contributed by atoms with E-state index in [2.05, 4.69) is 59.1 Å². The number of guanidine groups is 1. The summed E-state index contributed by atoms with van der Waals surface area (Å²) in [5.74, 6) is 0.901. The molecule has 0 fully saturated rings. The van der Waals surface area contributed by atoms with Crippen LogP contribution in [0.5, 0.6) is 0 Å². The number of thiophene rings is 1. The third-order valence-electron chi connectivity index (χ3n) is 3.46. The Labute approximate surface area is 143 Å². The highest BCUT2D eigenvalue weighted by atomic mass is 127.